The van der Waals surface area contributed by atoms with Crippen LogP contribution in [0.25, 0.3) is 0 Å². The highest BCUT2D eigenvalue weighted by molar-refractivity contribution is 5.84. The summed E-state index contributed by atoms with van der Waals surface area (Å²) in [4.78, 5) is 4.52. The first-order chi connectivity index (χ1) is 9.22. The molecule has 0 atom stereocenters. The van der Waals surface area contributed by atoms with E-state index in [1.807, 2.05) is 6.07 Å². The molecule has 1 aromatic carbocycles. The van der Waals surface area contributed by atoms with Gasteiger partial charge >= 0.3 is 0 Å². The Balaban J connectivity index is 3.50. The molecule has 0 aliphatic carbocycles. The van der Waals surface area contributed by atoms with Crippen LogP contribution >= 0.6 is 0 Å². The van der Waals surface area contributed by atoms with E-state index in [0.29, 0.717) is 5.75 Å². The van der Waals surface area contributed by atoms with Crippen molar-refractivity contribution >= 4 is 6.21 Å². The quantitative estimate of drug-likeness (QED) is 0.708. The monoisotopic (exact) mass is 289 g/mol. The van der Waals surface area contributed by atoms with E-state index < -0.39 is 0 Å². The summed E-state index contributed by atoms with van der Waals surface area (Å²) in [6.45, 7) is 19.3. The molecule has 0 fully saturated rings. The van der Waals surface area contributed by atoms with Crippen molar-refractivity contribution in [3.8, 4) is 5.75 Å². The molecule has 0 aliphatic rings. The number of aromatic hydroxyl groups is 1. The van der Waals surface area contributed by atoms with Gasteiger partial charge in [-0.2, -0.15) is 0 Å². The van der Waals surface area contributed by atoms with Crippen LogP contribution in [0.15, 0.2) is 17.1 Å². The zero-order chi connectivity index (χ0) is 16.6. The molecule has 0 spiro atoms. The molecule has 1 rings (SSSR count). The molecule has 0 aliphatic heterocycles. The van der Waals surface area contributed by atoms with Gasteiger partial charge in [-0.15, -0.1) is 0 Å². The smallest absolute Gasteiger partial charge is 0.124 e. The third kappa shape index (κ3) is 4.87. The van der Waals surface area contributed by atoms with Crippen LogP contribution in [0.1, 0.15) is 79.0 Å². The summed E-state index contributed by atoms with van der Waals surface area (Å²) >= 11 is 0. The number of phenolic OH excluding ortho intramolecular Hbond substituents is 1. The second kappa shape index (κ2) is 5.47. The number of nitrogens with zero attached hydrogens (tertiary/aromatic N) is 1. The van der Waals surface area contributed by atoms with Gasteiger partial charge in [0.25, 0.3) is 0 Å². The molecule has 0 amide bonds. The van der Waals surface area contributed by atoms with Gasteiger partial charge in [-0.3, -0.25) is 4.99 Å². The van der Waals surface area contributed by atoms with Crippen LogP contribution in [0.4, 0.5) is 0 Å². The van der Waals surface area contributed by atoms with Crippen LogP contribution in [0, 0.1) is 0 Å². The second-order valence-electron chi connectivity index (χ2n) is 8.89. The maximum Gasteiger partial charge on any atom is 0.124 e. The Labute approximate surface area is 130 Å². The van der Waals surface area contributed by atoms with Gasteiger partial charge in [0.2, 0.25) is 0 Å². The summed E-state index contributed by atoms with van der Waals surface area (Å²) in [5, 5.41) is 10.4. The Morgan fingerprint density at radius 1 is 0.810 bits per heavy atom. The van der Waals surface area contributed by atoms with Crippen LogP contribution in [0.2, 0.25) is 0 Å². The van der Waals surface area contributed by atoms with E-state index in [0.717, 1.165) is 5.56 Å². The van der Waals surface area contributed by atoms with Gasteiger partial charge in [-0.25, -0.2) is 0 Å². The highest BCUT2D eigenvalue weighted by atomic mass is 16.3. The van der Waals surface area contributed by atoms with Crippen LogP contribution in [-0.4, -0.2) is 16.9 Å². The topological polar surface area (TPSA) is 32.6 Å². The Hall–Kier alpha value is -1.31. The predicted molar refractivity (Wildman–Crippen MR) is 92.9 cm³/mol. The van der Waals surface area contributed by atoms with Crippen LogP contribution < -0.4 is 0 Å². The highest BCUT2D eigenvalue weighted by Crippen LogP contribution is 2.37. The minimum Gasteiger partial charge on any atom is -0.507 e. The molecule has 0 saturated heterocycles. The number of hydrogen-bond acceptors (Lipinski definition) is 2. The molecule has 0 unspecified atom stereocenters. The molecule has 2 nitrogen and oxygen atoms in total. The van der Waals surface area contributed by atoms with Gasteiger partial charge in [0.05, 0.1) is 5.54 Å². The minimum atomic E-state index is -0.142. The van der Waals surface area contributed by atoms with Crippen molar-refractivity contribution < 1.29 is 5.11 Å². The van der Waals surface area contributed by atoms with Crippen molar-refractivity contribution in [1.82, 2.24) is 0 Å². The van der Waals surface area contributed by atoms with Crippen molar-refractivity contribution in [3.05, 3.63) is 28.8 Å². The number of hydrogen-bond donors (Lipinski definition) is 1. The zero-order valence-corrected chi connectivity index (χ0v) is 15.1. The summed E-state index contributed by atoms with van der Waals surface area (Å²) in [7, 11) is 0. The van der Waals surface area contributed by atoms with Gasteiger partial charge in [-0.1, -0.05) is 41.5 Å². The van der Waals surface area contributed by atoms with E-state index in [1.165, 1.54) is 11.1 Å². The minimum absolute atomic E-state index is 0.000205. The summed E-state index contributed by atoms with van der Waals surface area (Å²) in [6.07, 6.45) is 1.79. The van der Waals surface area contributed by atoms with Crippen molar-refractivity contribution in [2.24, 2.45) is 4.99 Å². The summed E-state index contributed by atoms with van der Waals surface area (Å²) in [6, 6.07) is 4.00. The van der Waals surface area contributed by atoms with Crippen molar-refractivity contribution in [2.75, 3.05) is 0 Å². The lowest BCUT2D eigenvalue weighted by Crippen LogP contribution is -2.22. The molecule has 0 saturated carbocycles. The molecule has 0 bridgehead atoms. The maximum absolute atomic E-state index is 10.4. The van der Waals surface area contributed by atoms with Gasteiger partial charge < -0.3 is 5.11 Å². The number of phenols is 1. The Kier molecular flexibility index (Phi) is 4.62. The number of benzene rings is 1. The second-order valence-corrected chi connectivity index (χ2v) is 8.89. The van der Waals surface area contributed by atoms with E-state index >= 15 is 0 Å². The molecular formula is C19H31NO. The fourth-order valence-corrected chi connectivity index (χ4v) is 2.21. The third-order valence-electron chi connectivity index (χ3n) is 3.37. The number of rotatable bonds is 1. The van der Waals surface area contributed by atoms with Gasteiger partial charge in [0.15, 0.2) is 0 Å². The third-order valence-corrected chi connectivity index (χ3v) is 3.37. The average Bonchev–Trinajstić information content (AvgIpc) is 2.22. The average molecular weight is 289 g/mol. The predicted octanol–water partition coefficient (Wildman–Crippen LogP) is 5.20. The number of aliphatic imine (C=N–C) groups is 1. The van der Waals surface area contributed by atoms with E-state index in [2.05, 4.69) is 73.4 Å². The normalized spacial score (nSPS) is 14.0. The van der Waals surface area contributed by atoms with Gasteiger partial charge in [0.1, 0.15) is 5.75 Å². The Morgan fingerprint density at radius 2 is 1.24 bits per heavy atom. The first-order valence-corrected chi connectivity index (χ1v) is 7.65. The molecule has 1 aromatic rings. The van der Waals surface area contributed by atoms with Crippen LogP contribution in [0.5, 0.6) is 5.75 Å². The molecule has 0 radical (unpaired) electrons. The lowest BCUT2D eigenvalue weighted by atomic mass is 9.74. The van der Waals surface area contributed by atoms with E-state index in [4.69, 9.17) is 0 Å². The zero-order valence-electron chi connectivity index (χ0n) is 15.1. The van der Waals surface area contributed by atoms with E-state index in [-0.39, 0.29) is 16.4 Å². The lowest BCUT2D eigenvalue weighted by molar-refractivity contribution is 0.465. The molecular weight excluding hydrogens is 258 g/mol. The standard InChI is InChI=1S/C19H31NO/c1-17(2,3)14-10-13(12-20-19(7,8)9)16(21)11-15(14)18(4,5)6/h10-12,21H,1-9H3. The summed E-state index contributed by atoms with van der Waals surface area (Å²) < 4.78 is 0. The first kappa shape index (κ1) is 17.7. The Morgan fingerprint density at radius 3 is 1.62 bits per heavy atom. The SMILES string of the molecule is CC(C)(C)N=Cc1cc(C(C)(C)C)c(C(C)(C)C)cc1O. The van der Waals surface area contributed by atoms with Crippen molar-refractivity contribution in [2.45, 2.75) is 78.7 Å². The van der Waals surface area contributed by atoms with Crippen LogP contribution in [-0.2, 0) is 10.8 Å². The van der Waals surface area contributed by atoms with Gasteiger partial charge in [0, 0.05) is 11.8 Å². The van der Waals surface area contributed by atoms with Crippen LogP contribution in [0.3, 0.4) is 0 Å². The fourth-order valence-electron chi connectivity index (χ4n) is 2.21. The molecule has 118 valence electrons. The van der Waals surface area contributed by atoms with E-state index in [9.17, 15) is 5.11 Å². The summed E-state index contributed by atoms with van der Waals surface area (Å²) in [5.74, 6) is 0.306. The molecule has 1 N–H and O–H groups in total. The lowest BCUT2D eigenvalue weighted by Gasteiger charge is -2.30. The first-order valence-electron chi connectivity index (χ1n) is 7.65. The molecule has 0 heterocycles. The maximum atomic E-state index is 10.4. The van der Waals surface area contributed by atoms with Gasteiger partial charge in [-0.05, 0) is 54.9 Å². The van der Waals surface area contributed by atoms with Crippen molar-refractivity contribution in [1.29, 1.82) is 0 Å². The Bertz CT molecular complexity index is 534. The molecule has 2 heteroatoms. The fraction of sp³-hybridized carbons (Fsp3) is 0.632. The summed E-state index contributed by atoms with van der Waals surface area (Å²) in [5.41, 5.74) is 3.14. The highest BCUT2D eigenvalue weighted by Gasteiger charge is 2.26. The largest absolute Gasteiger partial charge is 0.507 e. The molecule has 0 aromatic heterocycles. The van der Waals surface area contributed by atoms with Crippen molar-refractivity contribution in [3.63, 3.8) is 0 Å². The van der Waals surface area contributed by atoms with E-state index in [1.54, 1.807) is 6.21 Å². The molecule has 21 heavy (non-hydrogen) atoms.